The number of hydrogen-bond acceptors (Lipinski definition) is 3. The average Bonchev–Trinajstić information content (AvgIpc) is 2.62. The van der Waals surface area contributed by atoms with E-state index in [0.29, 0.717) is 5.56 Å². The largest absolute Gasteiger partial charge is 0.328 e. The van der Waals surface area contributed by atoms with Crippen molar-refractivity contribution in [2.45, 2.75) is 20.8 Å². The van der Waals surface area contributed by atoms with Gasteiger partial charge < -0.3 is 4.90 Å². The van der Waals surface area contributed by atoms with Gasteiger partial charge in [0.1, 0.15) is 17.5 Å². The summed E-state index contributed by atoms with van der Waals surface area (Å²) in [5.74, 6) is 0.826. The first-order valence-electron chi connectivity index (χ1n) is 6.20. The molecule has 0 atom stereocenters. The molecule has 0 aliphatic carbocycles. The predicted octanol–water partition coefficient (Wildman–Crippen LogP) is 2.98. The molecule has 2 aromatic rings. The fraction of sp³-hybridized carbons (Fsp3) is 0.333. The number of hydrogen-bond donors (Lipinski definition) is 0. The SMILES string of the molecule is Cc1ccc(N(C)c2c(C#N)c(C)nn2C)c(C)c1. The lowest BCUT2D eigenvalue weighted by atomic mass is 10.1. The zero-order valence-corrected chi connectivity index (χ0v) is 12.0. The first kappa shape index (κ1) is 13.2. The number of nitrogens with zero attached hydrogens (tertiary/aromatic N) is 4. The van der Waals surface area contributed by atoms with Crippen molar-refractivity contribution in [1.82, 2.24) is 9.78 Å². The van der Waals surface area contributed by atoms with E-state index in [1.807, 2.05) is 25.9 Å². The molecular formula is C15H18N4. The molecule has 4 nitrogen and oxygen atoms in total. The van der Waals surface area contributed by atoms with Gasteiger partial charge in [0.05, 0.1) is 5.69 Å². The van der Waals surface area contributed by atoms with E-state index in [2.05, 4.69) is 43.2 Å². The zero-order chi connectivity index (χ0) is 14.2. The van der Waals surface area contributed by atoms with Gasteiger partial charge in [-0.05, 0) is 32.4 Å². The molecule has 19 heavy (non-hydrogen) atoms. The van der Waals surface area contributed by atoms with Crippen LogP contribution in [0.4, 0.5) is 11.5 Å². The lowest BCUT2D eigenvalue weighted by Gasteiger charge is -2.22. The Bertz CT molecular complexity index is 662. The summed E-state index contributed by atoms with van der Waals surface area (Å²) >= 11 is 0. The summed E-state index contributed by atoms with van der Waals surface area (Å²) in [6.07, 6.45) is 0. The van der Waals surface area contributed by atoms with Gasteiger partial charge in [-0.2, -0.15) is 10.4 Å². The van der Waals surface area contributed by atoms with Crippen LogP contribution in [0.5, 0.6) is 0 Å². The second-order valence-electron chi connectivity index (χ2n) is 4.87. The number of benzene rings is 1. The van der Waals surface area contributed by atoms with Gasteiger partial charge in [0.25, 0.3) is 0 Å². The fourth-order valence-corrected chi connectivity index (χ4v) is 2.46. The number of nitriles is 1. The molecule has 0 amide bonds. The minimum Gasteiger partial charge on any atom is -0.328 e. The van der Waals surface area contributed by atoms with Crippen molar-refractivity contribution >= 4 is 11.5 Å². The summed E-state index contributed by atoms with van der Waals surface area (Å²) in [5.41, 5.74) is 4.90. The molecular weight excluding hydrogens is 236 g/mol. The van der Waals surface area contributed by atoms with E-state index < -0.39 is 0 Å². The number of anilines is 2. The van der Waals surface area contributed by atoms with Crippen LogP contribution in [0.15, 0.2) is 18.2 Å². The molecule has 0 N–H and O–H groups in total. The Hall–Kier alpha value is -2.28. The Morgan fingerprint density at radius 3 is 2.53 bits per heavy atom. The lowest BCUT2D eigenvalue weighted by Crippen LogP contribution is -2.15. The van der Waals surface area contributed by atoms with Gasteiger partial charge in [-0.25, -0.2) is 0 Å². The van der Waals surface area contributed by atoms with Crippen LogP contribution in [0, 0.1) is 32.1 Å². The molecule has 0 unspecified atom stereocenters. The van der Waals surface area contributed by atoms with E-state index >= 15 is 0 Å². The fourth-order valence-electron chi connectivity index (χ4n) is 2.46. The maximum atomic E-state index is 9.29. The third-order valence-electron chi connectivity index (χ3n) is 3.34. The van der Waals surface area contributed by atoms with E-state index in [4.69, 9.17) is 0 Å². The highest BCUT2D eigenvalue weighted by atomic mass is 15.4. The molecule has 1 aromatic carbocycles. The molecule has 2 rings (SSSR count). The molecule has 0 radical (unpaired) electrons. The van der Waals surface area contributed by atoms with Gasteiger partial charge in [-0.1, -0.05) is 17.7 Å². The molecule has 0 saturated carbocycles. The second kappa shape index (κ2) is 4.77. The molecule has 0 fully saturated rings. The van der Waals surface area contributed by atoms with E-state index in [-0.39, 0.29) is 0 Å². The van der Waals surface area contributed by atoms with Crippen LogP contribution in [0.25, 0.3) is 0 Å². The summed E-state index contributed by atoms with van der Waals surface area (Å²) < 4.78 is 1.76. The molecule has 98 valence electrons. The van der Waals surface area contributed by atoms with Crippen LogP contribution in [0.1, 0.15) is 22.4 Å². The summed E-state index contributed by atoms with van der Waals surface area (Å²) in [5, 5.41) is 13.6. The number of aromatic nitrogens is 2. The summed E-state index contributed by atoms with van der Waals surface area (Å²) in [4.78, 5) is 2.02. The minimum absolute atomic E-state index is 0.630. The highest BCUT2D eigenvalue weighted by Gasteiger charge is 2.18. The smallest absolute Gasteiger partial charge is 0.149 e. The van der Waals surface area contributed by atoms with Crippen LogP contribution in [0.3, 0.4) is 0 Å². The number of rotatable bonds is 2. The maximum absolute atomic E-state index is 9.29. The Kier molecular flexibility index (Phi) is 3.30. The standard InChI is InChI=1S/C15H18N4/c1-10-6-7-14(11(2)8-10)18(4)15-13(9-16)12(3)17-19(15)5/h6-8H,1-5H3. The Morgan fingerprint density at radius 2 is 1.95 bits per heavy atom. The third kappa shape index (κ3) is 2.19. The molecule has 0 spiro atoms. The van der Waals surface area contributed by atoms with Crippen LogP contribution in [-0.2, 0) is 7.05 Å². The molecule has 1 heterocycles. The molecule has 0 saturated heterocycles. The van der Waals surface area contributed by atoms with Crippen molar-refractivity contribution < 1.29 is 0 Å². The average molecular weight is 254 g/mol. The quantitative estimate of drug-likeness (QED) is 0.827. The Balaban J connectivity index is 2.56. The monoisotopic (exact) mass is 254 g/mol. The minimum atomic E-state index is 0.630. The summed E-state index contributed by atoms with van der Waals surface area (Å²) in [7, 11) is 3.83. The Labute approximate surface area is 113 Å². The molecule has 4 heteroatoms. The van der Waals surface area contributed by atoms with Crippen molar-refractivity contribution in [1.29, 1.82) is 5.26 Å². The first-order chi connectivity index (χ1) is 8.95. The van der Waals surface area contributed by atoms with E-state index in [1.165, 1.54) is 11.1 Å². The van der Waals surface area contributed by atoms with Crippen molar-refractivity contribution in [3.63, 3.8) is 0 Å². The molecule has 0 aliphatic heterocycles. The number of aryl methyl sites for hydroxylation is 4. The molecule has 0 bridgehead atoms. The van der Waals surface area contributed by atoms with E-state index in [9.17, 15) is 5.26 Å². The van der Waals surface area contributed by atoms with Gasteiger partial charge in [0, 0.05) is 19.8 Å². The van der Waals surface area contributed by atoms with Gasteiger partial charge in [-0.3, -0.25) is 4.68 Å². The highest BCUT2D eigenvalue weighted by Crippen LogP contribution is 2.30. The van der Waals surface area contributed by atoms with Crippen molar-refractivity contribution in [2.24, 2.45) is 7.05 Å². The van der Waals surface area contributed by atoms with Crippen LogP contribution in [0.2, 0.25) is 0 Å². The first-order valence-corrected chi connectivity index (χ1v) is 6.20. The summed E-state index contributed by atoms with van der Waals surface area (Å²) in [6.45, 7) is 6.01. The lowest BCUT2D eigenvalue weighted by molar-refractivity contribution is 0.750. The Morgan fingerprint density at radius 1 is 1.26 bits per heavy atom. The normalized spacial score (nSPS) is 10.3. The van der Waals surface area contributed by atoms with Gasteiger partial charge in [0.2, 0.25) is 0 Å². The maximum Gasteiger partial charge on any atom is 0.149 e. The predicted molar refractivity (Wildman–Crippen MR) is 76.6 cm³/mol. The zero-order valence-electron chi connectivity index (χ0n) is 12.0. The second-order valence-corrected chi connectivity index (χ2v) is 4.87. The van der Waals surface area contributed by atoms with Crippen LogP contribution < -0.4 is 4.90 Å². The third-order valence-corrected chi connectivity index (χ3v) is 3.34. The van der Waals surface area contributed by atoms with E-state index in [0.717, 1.165) is 17.2 Å². The highest BCUT2D eigenvalue weighted by molar-refractivity contribution is 5.69. The van der Waals surface area contributed by atoms with Crippen molar-refractivity contribution in [3.05, 3.63) is 40.6 Å². The van der Waals surface area contributed by atoms with Crippen molar-refractivity contribution in [3.8, 4) is 6.07 Å². The van der Waals surface area contributed by atoms with Crippen molar-refractivity contribution in [2.75, 3.05) is 11.9 Å². The van der Waals surface area contributed by atoms with Gasteiger partial charge in [0.15, 0.2) is 0 Å². The van der Waals surface area contributed by atoms with Crippen LogP contribution in [-0.4, -0.2) is 16.8 Å². The topological polar surface area (TPSA) is 44.9 Å². The van der Waals surface area contributed by atoms with Gasteiger partial charge in [-0.15, -0.1) is 0 Å². The van der Waals surface area contributed by atoms with E-state index in [1.54, 1.807) is 4.68 Å². The molecule has 0 aliphatic rings. The molecule has 1 aromatic heterocycles. The van der Waals surface area contributed by atoms with Crippen LogP contribution >= 0.6 is 0 Å². The summed E-state index contributed by atoms with van der Waals surface area (Å²) in [6, 6.07) is 8.54. The van der Waals surface area contributed by atoms with Gasteiger partial charge >= 0.3 is 0 Å².